The topological polar surface area (TPSA) is 80.8 Å². The highest BCUT2D eigenvalue weighted by atomic mass is 19.1. The van der Waals surface area contributed by atoms with Gasteiger partial charge in [0, 0.05) is 30.4 Å². The Morgan fingerprint density at radius 2 is 1.80 bits per heavy atom. The first-order valence-corrected chi connectivity index (χ1v) is 8.23. The summed E-state index contributed by atoms with van der Waals surface area (Å²) in [6.07, 6.45) is 3.16. The standard InChI is InChI=1S/C19H23FN4O/c1-2-3-19(25)23-17-10-6-15(7-11-17)18(24-21)13-22-12-14-4-8-16(20)9-5-14/h4-11,13,22,24H,2-3,12,21H2,1H3,(H,23,25)/p+1/b18-13-. The third kappa shape index (κ3) is 5.93. The minimum atomic E-state index is -0.245. The molecule has 0 unspecified atom stereocenters. The largest absolute Gasteiger partial charge is 0.385 e. The van der Waals surface area contributed by atoms with Crippen molar-refractivity contribution in [1.82, 2.24) is 10.7 Å². The molecule has 0 saturated carbocycles. The highest BCUT2D eigenvalue weighted by molar-refractivity contribution is 5.90. The molecule has 0 aliphatic heterocycles. The number of benzene rings is 2. The first-order chi connectivity index (χ1) is 12.1. The second kappa shape index (κ2) is 9.44. The van der Waals surface area contributed by atoms with Gasteiger partial charge in [-0.2, -0.15) is 0 Å². The Kier molecular flexibility index (Phi) is 6.98. The van der Waals surface area contributed by atoms with Crippen LogP contribution in [0.1, 0.15) is 30.9 Å². The Morgan fingerprint density at radius 3 is 2.40 bits per heavy atom. The molecule has 0 aliphatic rings. The lowest BCUT2D eigenvalue weighted by Crippen LogP contribution is -2.63. The molecule has 2 aromatic rings. The van der Waals surface area contributed by atoms with Crippen molar-refractivity contribution in [3.63, 3.8) is 0 Å². The van der Waals surface area contributed by atoms with Gasteiger partial charge in [-0.25, -0.2) is 9.82 Å². The molecule has 132 valence electrons. The number of hydrogen-bond donors (Lipinski definition) is 4. The molecule has 0 aliphatic carbocycles. The average Bonchev–Trinajstić information content (AvgIpc) is 2.61. The Hall–Kier alpha value is -2.86. The van der Waals surface area contributed by atoms with E-state index in [9.17, 15) is 9.18 Å². The summed E-state index contributed by atoms with van der Waals surface area (Å²) in [7, 11) is 0. The summed E-state index contributed by atoms with van der Waals surface area (Å²) in [5, 5.41) is 6.03. The minimum Gasteiger partial charge on any atom is -0.385 e. The molecule has 2 aromatic carbocycles. The van der Waals surface area contributed by atoms with E-state index in [-0.39, 0.29) is 11.7 Å². The third-order valence-electron chi connectivity index (χ3n) is 3.61. The van der Waals surface area contributed by atoms with E-state index in [4.69, 9.17) is 0 Å². The van der Waals surface area contributed by atoms with E-state index in [2.05, 4.69) is 21.9 Å². The lowest BCUT2D eigenvalue weighted by Gasteiger charge is -2.09. The van der Waals surface area contributed by atoms with Crippen LogP contribution in [0.25, 0.3) is 5.70 Å². The van der Waals surface area contributed by atoms with Gasteiger partial charge in [0.15, 0.2) is 0 Å². The van der Waals surface area contributed by atoms with Crippen LogP contribution >= 0.6 is 0 Å². The zero-order chi connectivity index (χ0) is 18.1. The van der Waals surface area contributed by atoms with Gasteiger partial charge >= 0.3 is 0 Å². The molecule has 0 bridgehead atoms. The number of amides is 1. The van der Waals surface area contributed by atoms with Crippen molar-refractivity contribution in [2.75, 3.05) is 5.32 Å². The minimum absolute atomic E-state index is 0.0160. The van der Waals surface area contributed by atoms with E-state index in [1.54, 1.807) is 12.1 Å². The van der Waals surface area contributed by atoms with Crippen molar-refractivity contribution in [3.8, 4) is 0 Å². The number of quaternary nitrogens is 1. The van der Waals surface area contributed by atoms with Crippen molar-refractivity contribution in [1.29, 1.82) is 0 Å². The van der Waals surface area contributed by atoms with Crippen LogP contribution in [0.5, 0.6) is 0 Å². The first kappa shape index (κ1) is 18.5. The monoisotopic (exact) mass is 343 g/mol. The van der Waals surface area contributed by atoms with Crippen molar-refractivity contribution >= 4 is 17.3 Å². The summed E-state index contributed by atoms with van der Waals surface area (Å²) in [4.78, 5) is 11.6. The highest BCUT2D eigenvalue weighted by Crippen LogP contribution is 2.15. The van der Waals surface area contributed by atoms with Crippen molar-refractivity contribution < 1.29 is 15.0 Å². The lowest BCUT2D eigenvalue weighted by atomic mass is 10.1. The molecule has 6 heteroatoms. The molecular formula is C19H24FN4O+. The van der Waals surface area contributed by atoms with Gasteiger partial charge in [0.25, 0.3) is 0 Å². The van der Waals surface area contributed by atoms with Gasteiger partial charge < -0.3 is 10.6 Å². The number of anilines is 1. The molecule has 0 spiro atoms. The molecule has 25 heavy (non-hydrogen) atoms. The second-order valence-electron chi connectivity index (χ2n) is 5.62. The van der Waals surface area contributed by atoms with Crippen LogP contribution < -0.4 is 21.9 Å². The summed E-state index contributed by atoms with van der Waals surface area (Å²) in [6.45, 7) is 2.55. The molecule has 0 atom stereocenters. The maximum Gasteiger partial charge on any atom is 0.224 e. The Balaban J connectivity index is 1.96. The highest BCUT2D eigenvalue weighted by Gasteiger charge is 2.04. The van der Waals surface area contributed by atoms with Crippen LogP contribution in [0.3, 0.4) is 0 Å². The molecular weight excluding hydrogens is 319 g/mol. The zero-order valence-electron chi connectivity index (χ0n) is 14.3. The molecule has 0 aromatic heterocycles. The summed E-state index contributed by atoms with van der Waals surface area (Å²) in [5.74, 6) is 3.49. The summed E-state index contributed by atoms with van der Waals surface area (Å²) < 4.78 is 12.9. The van der Waals surface area contributed by atoms with E-state index in [1.807, 2.05) is 37.4 Å². The molecule has 2 rings (SSSR count). The fourth-order valence-electron chi connectivity index (χ4n) is 2.29. The molecule has 1 amide bonds. The van der Waals surface area contributed by atoms with Crippen LogP contribution in [0, 0.1) is 5.82 Å². The van der Waals surface area contributed by atoms with Crippen LogP contribution in [0.2, 0.25) is 0 Å². The van der Waals surface area contributed by atoms with Gasteiger partial charge in [0.05, 0.1) is 0 Å². The van der Waals surface area contributed by atoms with Crippen LogP contribution in [-0.4, -0.2) is 5.91 Å². The Bertz CT molecular complexity index is 711. The number of hydrogen-bond acceptors (Lipinski definition) is 3. The maximum atomic E-state index is 12.9. The van der Waals surface area contributed by atoms with Gasteiger partial charge in [-0.3, -0.25) is 10.6 Å². The number of rotatable bonds is 8. The number of nitrogens with one attached hydrogen (secondary N) is 3. The molecule has 0 radical (unpaired) electrons. The maximum absolute atomic E-state index is 12.9. The fraction of sp³-hybridized carbons (Fsp3) is 0.211. The van der Waals surface area contributed by atoms with E-state index in [0.29, 0.717) is 13.0 Å². The Morgan fingerprint density at radius 1 is 1.12 bits per heavy atom. The number of carbonyl (C=O) groups is 1. The van der Waals surface area contributed by atoms with Crippen LogP contribution in [0.15, 0.2) is 54.7 Å². The SMILES string of the molecule is CCCC(=O)Nc1ccc(/C(=C/NCc2ccc(F)cc2)N[NH3+])cc1. The zero-order valence-corrected chi connectivity index (χ0v) is 14.3. The van der Waals surface area contributed by atoms with Gasteiger partial charge in [-0.05, 0) is 36.2 Å². The van der Waals surface area contributed by atoms with Gasteiger partial charge in [0.2, 0.25) is 5.91 Å². The summed E-state index contributed by atoms with van der Waals surface area (Å²) >= 11 is 0. The normalized spacial score (nSPS) is 11.1. The molecule has 0 fully saturated rings. The van der Waals surface area contributed by atoms with E-state index >= 15 is 0 Å². The second-order valence-corrected chi connectivity index (χ2v) is 5.62. The fourth-order valence-corrected chi connectivity index (χ4v) is 2.29. The van der Waals surface area contributed by atoms with Crippen molar-refractivity contribution in [2.45, 2.75) is 26.3 Å². The van der Waals surface area contributed by atoms with E-state index in [0.717, 1.165) is 28.9 Å². The van der Waals surface area contributed by atoms with Crippen LogP contribution in [-0.2, 0) is 11.3 Å². The van der Waals surface area contributed by atoms with Crippen LogP contribution in [0.4, 0.5) is 10.1 Å². The smallest absolute Gasteiger partial charge is 0.224 e. The molecule has 5 nitrogen and oxygen atoms in total. The van der Waals surface area contributed by atoms with Gasteiger partial charge in [0.1, 0.15) is 11.5 Å². The number of carbonyl (C=O) groups excluding carboxylic acids is 1. The summed E-state index contributed by atoms with van der Waals surface area (Å²) in [5.41, 5.74) is 6.40. The molecule has 0 saturated heterocycles. The van der Waals surface area contributed by atoms with Crippen molar-refractivity contribution in [3.05, 3.63) is 71.7 Å². The van der Waals surface area contributed by atoms with E-state index in [1.165, 1.54) is 12.1 Å². The first-order valence-electron chi connectivity index (χ1n) is 8.23. The Labute approximate surface area is 147 Å². The average molecular weight is 343 g/mol. The predicted molar refractivity (Wildman–Crippen MR) is 97.2 cm³/mol. The number of halogens is 1. The predicted octanol–water partition coefficient (Wildman–Crippen LogP) is 2.40. The van der Waals surface area contributed by atoms with Crippen molar-refractivity contribution in [2.24, 2.45) is 0 Å². The summed E-state index contributed by atoms with van der Waals surface area (Å²) in [6, 6.07) is 13.9. The third-order valence-corrected chi connectivity index (χ3v) is 3.61. The van der Waals surface area contributed by atoms with E-state index < -0.39 is 0 Å². The molecule has 6 N–H and O–H groups in total. The lowest BCUT2D eigenvalue weighted by molar-refractivity contribution is -0.423. The quantitative estimate of drug-likeness (QED) is 0.556. The van der Waals surface area contributed by atoms with Gasteiger partial charge in [-0.15, -0.1) is 0 Å². The molecule has 0 heterocycles. The van der Waals surface area contributed by atoms with Gasteiger partial charge in [-0.1, -0.05) is 31.2 Å².